The minimum absolute atomic E-state index is 0.836. The summed E-state index contributed by atoms with van der Waals surface area (Å²) in [6.45, 7) is 4.28. The molecule has 340 valence electrons. The maximum Gasteiger partial charge on any atom is 0.137 e. The Labute approximate surface area is 416 Å². The number of hydrogen-bond donors (Lipinski definition) is 0. The normalized spacial score (nSPS) is 11.8. The minimum atomic E-state index is 0.836. The first-order chi connectivity index (χ1) is 35.4. The highest BCUT2D eigenvalue weighted by Crippen LogP contribution is 2.44. The van der Waals surface area contributed by atoms with Crippen LogP contribution in [-0.4, -0.2) is 0 Å². The van der Waals surface area contributed by atoms with Crippen LogP contribution >= 0.6 is 0 Å². The maximum atomic E-state index is 6.80. The molecule has 72 heavy (non-hydrogen) atoms. The van der Waals surface area contributed by atoms with Gasteiger partial charge in [0.2, 0.25) is 0 Å². The summed E-state index contributed by atoms with van der Waals surface area (Å²) in [6, 6.07) is 87.6. The summed E-state index contributed by atoms with van der Waals surface area (Å²) in [4.78, 5) is 4.65. The van der Waals surface area contributed by atoms with Gasteiger partial charge in [0.1, 0.15) is 22.3 Å². The Morgan fingerprint density at radius 1 is 0.236 bits per heavy atom. The second-order valence-electron chi connectivity index (χ2n) is 19.2. The third-order valence-corrected chi connectivity index (χ3v) is 14.4. The van der Waals surface area contributed by atoms with Crippen molar-refractivity contribution in [2.75, 3.05) is 9.80 Å². The van der Waals surface area contributed by atoms with Crippen molar-refractivity contribution >= 4 is 110 Å². The van der Waals surface area contributed by atoms with Gasteiger partial charge in [-0.1, -0.05) is 145 Å². The second-order valence-corrected chi connectivity index (χ2v) is 19.2. The lowest BCUT2D eigenvalue weighted by Gasteiger charge is -2.26. The molecule has 0 saturated carbocycles. The van der Waals surface area contributed by atoms with E-state index in [1.165, 1.54) is 54.9 Å². The van der Waals surface area contributed by atoms with Gasteiger partial charge in [-0.05, 0) is 165 Å². The van der Waals surface area contributed by atoms with Crippen molar-refractivity contribution in [2.45, 2.75) is 13.8 Å². The second kappa shape index (κ2) is 16.6. The fraction of sp³-hybridized carbons (Fsp3) is 0.0294. The third-order valence-electron chi connectivity index (χ3n) is 14.4. The van der Waals surface area contributed by atoms with E-state index in [0.29, 0.717) is 0 Å². The molecule has 0 aliphatic carbocycles. The Morgan fingerprint density at radius 2 is 0.611 bits per heavy atom. The van der Waals surface area contributed by atoms with Gasteiger partial charge in [-0.2, -0.15) is 0 Å². The van der Waals surface area contributed by atoms with Crippen molar-refractivity contribution in [3.63, 3.8) is 0 Å². The molecule has 0 aliphatic rings. The Bertz CT molecular complexity index is 4140. The van der Waals surface area contributed by atoms with Crippen LogP contribution in [0, 0.1) is 13.8 Å². The highest BCUT2D eigenvalue weighted by atomic mass is 16.3. The molecule has 0 unspecified atom stereocenters. The largest absolute Gasteiger partial charge is 0.456 e. The number of fused-ring (bicyclic) bond motifs is 9. The van der Waals surface area contributed by atoms with Crippen LogP contribution in [0.1, 0.15) is 11.1 Å². The molecular weight excluding hydrogens is 877 g/mol. The Morgan fingerprint density at radius 3 is 1.04 bits per heavy atom. The molecule has 12 aromatic carbocycles. The molecule has 0 bridgehead atoms. The van der Waals surface area contributed by atoms with E-state index in [1.807, 2.05) is 0 Å². The summed E-state index contributed by atoms with van der Waals surface area (Å²) in [5.41, 5.74) is 17.0. The van der Waals surface area contributed by atoms with Gasteiger partial charge in [0, 0.05) is 67.8 Å². The molecule has 4 nitrogen and oxygen atoms in total. The molecule has 4 heteroatoms. The fourth-order valence-electron chi connectivity index (χ4n) is 10.8. The summed E-state index contributed by atoms with van der Waals surface area (Å²) in [5, 5.41) is 11.3. The summed E-state index contributed by atoms with van der Waals surface area (Å²) in [7, 11) is 0. The van der Waals surface area contributed by atoms with Gasteiger partial charge in [-0.15, -0.1) is 0 Å². The highest BCUT2D eigenvalue weighted by Gasteiger charge is 2.20. The fourth-order valence-corrected chi connectivity index (χ4v) is 10.8. The number of rotatable bonds is 8. The smallest absolute Gasteiger partial charge is 0.137 e. The standard InChI is InChI=1S/C68H46N2O2/c1-43-9-7-15-49(33-43)47-17-23-55(24-18-47)69(57-27-21-45-11-3-5-13-51(45)35-57)59-29-31-61-63-37-53-40-66-64(38-54(53)39-65(63)71-67(61)41-59)62-32-30-60(42-68(62)72-66)70(58-28-22-46-12-4-6-14-52(46)36-58)56-25-19-48(20-26-56)50-16-8-10-44(2)34-50/h3-42H,1-2H3. The van der Waals surface area contributed by atoms with Crippen LogP contribution in [-0.2, 0) is 0 Å². The van der Waals surface area contributed by atoms with E-state index in [9.17, 15) is 0 Å². The van der Waals surface area contributed by atoms with Gasteiger partial charge >= 0.3 is 0 Å². The molecule has 2 heterocycles. The summed E-state index contributed by atoms with van der Waals surface area (Å²) >= 11 is 0. The molecule has 14 rings (SSSR count). The highest BCUT2D eigenvalue weighted by molar-refractivity contribution is 6.16. The van der Waals surface area contributed by atoms with Crippen LogP contribution in [0.3, 0.4) is 0 Å². The summed E-state index contributed by atoms with van der Waals surface area (Å²) in [6.07, 6.45) is 0. The Hall–Kier alpha value is -9.38. The van der Waals surface area contributed by atoms with Crippen LogP contribution in [0.5, 0.6) is 0 Å². The van der Waals surface area contributed by atoms with Crippen LogP contribution in [0.4, 0.5) is 34.1 Å². The topological polar surface area (TPSA) is 32.8 Å². The number of nitrogens with zero attached hydrogens (tertiary/aromatic N) is 2. The molecule has 0 aliphatic heterocycles. The zero-order valence-corrected chi connectivity index (χ0v) is 39.8. The minimum Gasteiger partial charge on any atom is -0.456 e. The number of aryl methyl sites for hydroxylation is 2. The average Bonchev–Trinajstić information content (AvgIpc) is 3.96. The van der Waals surface area contributed by atoms with E-state index in [2.05, 4.69) is 266 Å². The molecule has 14 aromatic rings. The molecule has 0 amide bonds. The number of anilines is 6. The van der Waals surface area contributed by atoms with Crippen molar-refractivity contribution in [3.05, 3.63) is 254 Å². The zero-order valence-electron chi connectivity index (χ0n) is 39.8. The number of hydrogen-bond acceptors (Lipinski definition) is 4. The molecule has 0 radical (unpaired) electrons. The first kappa shape index (κ1) is 41.6. The van der Waals surface area contributed by atoms with Gasteiger partial charge in [0.15, 0.2) is 0 Å². The van der Waals surface area contributed by atoms with Gasteiger partial charge in [-0.25, -0.2) is 0 Å². The zero-order chi connectivity index (χ0) is 47.9. The van der Waals surface area contributed by atoms with Gasteiger partial charge in [-0.3, -0.25) is 0 Å². The van der Waals surface area contributed by atoms with Crippen LogP contribution in [0.2, 0.25) is 0 Å². The molecule has 2 aromatic heterocycles. The Balaban J connectivity index is 0.842. The quantitative estimate of drug-likeness (QED) is 0.152. The van der Waals surface area contributed by atoms with Gasteiger partial charge in [0.25, 0.3) is 0 Å². The van der Waals surface area contributed by atoms with E-state index < -0.39 is 0 Å². The first-order valence-electron chi connectivity index (χ1n) is 24.6. The number of benzene rings is 12. The van der Waals surface area contributed by atoms with Crippen molar-refractivity contribution < 1.29 is 8.83 Å². The SMILES string of the molecule is Cc1cccc(-c2ccc(N(c3ccc4ccccc4c3)c3ccc4c(c3)oc3cc5cc6c(cc5cc34)oc3cc(N(c4ccc(-c5cccc(C)c5)cc4)c4ccc5ccccc5c4)ccc36)cc2)c1. The van der Waals surface area contributed by atoms with E-state index >= 15 is 0 Å². The molecular formula is C68H46N2O2. The van der Waals surface area contributed by atoms with Crippen LogP contribution < -0.4 is 9.80 Å². The van der Waals surface area contributed by atoms with Crippen molar-refractivity contribution in [1.82, 2.24) is 0 Å². The predicted octanol–water partition coefficient (Wildman–Crippen LogP) is 19.8. The Kier molecular flexibility index (Phi) is 9.62. The molecule has 0 N–H and O–H groups in total. The lowest BCUT2D eigenvalue weighted by molar-refractivity contribution is 0.668. The lowest BCUT2D eigenvalue weighted by atomic mass is 10.0. The van der Waals surface area contributed by atoms with Crippen LogP contribution in [0.25, 0.3) is 98.4 Å². The van der Waals surface area contributed by atoms with Crippen molar-refractivity contribution in [2.24, 2.45) is 0 Å². The maximum absolute atomic E-state index is 6.80. The van der Waals surface area contributed by atoms with Crippen molar-refractivity contribution in [3.8, 4) is 22.3 Å². The van der Waals surface area contributed by atoms with E-state index in [-0.39, 0.29) is 0 Å². The first-order valence-corrected chi connectivity index (χ1v) is 24.6. The summed E-state index contributed by atoms with van der Waals surface area (Å²) in [5.74, 6) is 0. The lowest BCUT2D eigenvalue weighted by Crippen LogP contribution is -2.09. The summed E-state index contributed by atoms with van der Waals surface area (Å²) < 4.78 is 13.6. The van der Waals surface area contributed by atoms with Crippen LogP contribution in [0.15, 0.2) is 251 Å². The molecule has 0 spiro atoms. The third kappa shape index (κ3) is 7.23. The molecule has 0 atom stereocenters. The van der Waals surface area contributed by atoms with E-state index in [4.69, 9.17) is 8.83 Å². The molecule has 0 fully saturated rings. The predicted molar refractivity (Wildman–Crippen MR) is 303 cm³/mol. The van der Waals surface area contributed by atoms with E-state index in [1.54, 1.807) is 0 Å². The van der Waals surface area contributed by atoms with E-state index in [0.717, 1.165) is 88.8 Å². The average molecular weight is 923 g/mol. The molecule has 0 saturated heterocycles. The number of furan rings is 2. The monoisotopic (exact) mass is 922 g/mol. The van der Waals surface area contributed by atoms with Gasteiger partial charge < -0.3 is 18.6 Å². The van der Waals surface area contributed by atoms with Gasteiger partial charge in [0.05, 0.1) is 0 Å². The van der Waals surface area contributed by atoms with Crippen molar-refractivity contribution in [1.29, 1.82) is 0 Å².